The molecule has 0 aliphatic rings. The predicted molar refractivity (Wildman–Crippen MR) is 91.1 cm³/mol. The molecule has 0 aliphatic carbocycles. The first-order valence-electron chi connectivity index (χ1n) is 7.49. The van der Waals surface area contributed by atoms with Gasteiger partial charge in [-0.25, -0.2) is 4.79 Å². The van der Waals surface area contributed by atoms with Crippen LogP contribution in [0, 0.1) is 0 Å². The number of carboxylic acids is 1. The summed E-state index contributed by atoms with van der Waals surface area (Å²) < 4.78 is 0. The molecule has 0 radical (unpaired) electrons. The summed E-state index contributed by atoms with van der Waals surface area (Å²) >= 11 is 0. The number of aliphatic carboxylic acids is 1. The molecule has 0 heterocycles. The van der Waals surface area contributed by atoms with Gasteiger partial charge in [0.2, 0.25) is 0 Å². The first-order valence-corrected chi connectivity index (χ1v) is 7.49. The minimum atomic E-state index is -1.98. The largest absolute Gasteiger partial charge is 0.479 e. The Morgan fingerprint density at radius 3 is 1.55 bits per heavy atom. The lowest BCUT2D eigenvalue weighted by molar-refractivity contribution is -0.150. The van der Waals surface area contributed by atoms with Crippen molar-refractivity contribution < 1.29 is 15.0 Å². The van der Waals surface area contributed by atoms with E-state index < -0.39 is 11.6 Å². The number of carbonyl (C=O) groups is 1. The smallest absolute Gasteiger partial charge is 0.340 e. The van der Waals surface area contributed by atoms with E-state index in [2.05, 4.69) is 54.2 Å². The molecule has 1 atom stereocenters. The zero-order valence-corrected chi connectivity index (χ0v) is 14.7. The predicted octanol–water partition coefficient (Wildman–Crippen LogP) is 4.13. The van der Waals surface area contributed by atoms with Crippen LogP contribution in [-0.4, -0.2) is 21.8 Å². The second-order valence-corrected chi connectivity index (χ2v) is 8.15. The minimum absolute atomic E-state index is 0.0780. The van der Waals surface area contributed by atoms with E-state index in [1.165, 1.54) is 6.92 Å². The Labute approximate surface area is 133 Å². The van der Waals surface area contributed by atoms with Crippen LogP contribution in [0.3, 0.4) is 0 Å². The zero-order chi connectivity index (χ0) is 17.5. The maximum atomic E-state index is 11.3. The highest BCUT2D eigenvalue weighted by atomic mass is 16.4. The molecule has 0 saturated carbocycles. The second kappa shape index (κ2) is 5.54. The molecule has 2 N–H and O–H groups in total. The van der Waals surface area contributed by atoms with Crippen LogP contribution in [0.2, 0.25) is 0 Å². The van der Waals surface area contributed by atoms with Crippen molar-refractivity contribution in [1.82, 2.24) is 0 Å². The normalized spacial score (nSPS) is 15.3. The van der Waals surface area contributed by atoms with E-state index in [0.29, 0.717) is 5.56 Å². The Hall–Kier alpha value is -1.61. The highest BCUT2D eigenvalue weighted by molar-refractivity contribution is 5.94. The Balaban J connectivity index is 3.56. The summed E-state index contributed by atoms with van der Waals surface area (Å²) in [5.41, 5.74) is 0.929. The van der Waals surface area contributed by atoms with Gasteiger partial charge in [-0.15, -0.1) is 0 Å². The average molecular weight is 304 g/mol. The molecule has 0 fully saturated rings. The minimum Gasteiger partial charge on any atom is -0.479 e. The van der Waals surface area contributed by atoms with Crippen molar-refractivity contribution >= 4 is 11.5 Å². The van der Waals surface area contributed by atoms with E-state index in [4.69, 9.17) is 0 Å². The van der Waals surface area contributed by atoms with Gasteiger partial charge in [0.1, 0.15) is 0 Å². The van der Waals surface area contributed by atoms with Crippen LogP contribution in [-0.2, 0) is 15.6 Å². The lowest BCUT2D eigenvalue weighted by atomic mass is 9.77. The van der Waals surface area contributed by atoms with Crippen LogP contribution in [0.25, 0.3) is 5.57 Å². The first kappa shape index (κ1) is 18.4. The van der Waals surface area contributed by atoms with Gasteiger partial charge in [0.25, 0.3) is 0 Å². The third-order valence-corrected chi connectivity index (χ3v) is 4.02. The van der Waals surface area contributed by atoms with E-state index in [-0.39, 0.29) is 16.4 Å². The number of carboxylic acid groups (broad SMARTS) is 1. The quantitative estimate of drug-likeness (QED) is 0.882. The molecule has 0 bridgehead atoms. The van der Waals surface area contributed by atoms with Crippen molar-refractivity contribution in [3.05, 3.63) is 41.5 Å². The van der Waals surface area contributed by atoms with Crippen molar-refractivity contribution in [2.24, 2.45) is 0 Å². The van der Waals surface area contributed by atoms with Crippen molar-refractivity contribution in [2.75, 3.05) is 0 Å². The Morgan fingerprint density at radius 2 is 1.27 bits per heavy atom. The summed E-state index contributed by atoms with van der Waals surface area (Å²) in [5, 5.41) is 19.4. The van der Waals surface area contributed by atoms with Gasteiger partial charge in [-0.05, 0) is 40.0 Å². The zero-order valence-electron chi connectivity index (χ0n) is 14.7. The molecule has 3 nitrogen and oxygen atoms in total. The molecule has 1 aromatic rings. The first-order chi connectivity index (χ1) is 9.67. The molecule has 1 aromatic carbocycles. The summed E-state index contributed by atoms with van der Waals surface area (Å²) in [7, 11) is 0. The summed E-state index contributed by atoms with van der Waals surface area (Å²) in [4.78, 5) is 11.3. The number of aliphatic hydroxyl groups is 1. The van der Waals surface area contributed by atoms with Crippen LogP contribution in [0.1, 0.15) is 65.2 Å². The SMILES string of the molecule is C=C(c1cc(C(C)(C)C)cc(C(C)(C)C)c1)C(C)(O)C(=O)O. The maximum absolute atomic E-state index is 11.3. The molecule has 1 rings (SSSR count). The molecule has 0 aromatic heterocycles. The average Bonchev–Trinajstić information content (AvgIpc) is 2.34. The van der Waals surface area contributed by atoms with Gasteiger partial charge in [0.15, 0.2) is 5.60 Å². The number of hydrogen-bond acceptors (Lipinski definition) is 2. The van der Waals surface area contributed by atoms with Crippen molar-refractivity contribution in [2.45, 2.75) is 64.9 Å². The molecule has 0 saturated heterocycles. The van der Waals surface area contributed by atoms with Gasteiger partial charge in [-0.2, -0.15) is 0 Å². The Bertz CT molecular complexity index is 564. The molecule has 1 unspecified atom stereocenters. The van der Waals surface area contributed by atoms with E-state index >= 15 is 0 Å². The van der Waals surface area contributed by atoms with E-state index in [9.17, 15) is 15.0 Å². The van der Waals surface area contributed by atoms with E-state index in [1.807, 2.05) is 12.1 Å². The molecule has 122 valence electrons. The van der Waals surface area contributed by atoms with Gasteiger partial charge in [-0.1, -0.05) is 66.3 Å². The fourth-order valence-electron chi connectivity index (χ4n) is 2.08. The fraction of sp³-hybridized carbons (Fsp3) is 0.526. The molecule has 0 spiro atoms. The van der Waals surface area contributed by atoms with Gasteiger partial charge < -0.3 is 10.2 Å². The van der Waals surface area contributed by atoms with Crippen LogP contribution in [0.15, 0.2) is 24.8 Å². The molecule has 3 heteroatoms. The van der Waals surface area contributed by atoms with Gasteiger partial charge >= 0.3 is 5.97 Å². The summed E-state index contributed by atoms with van der Waals surface area (Å²) in [5.74, 6) is -1.30. The second-order valence-electron chi connectivity index (χ2n) is 8.15. The number of rotatable bonds is 3. The standard InChI is InChI=1S/C19H28O3/c1-12(19(8,22)16(20)21)13-9-14(17(2,3)4)11-15(10-13)18(5,6)7/h9-11,22H,1H2,2-8H3,(H,20,21). The number of benzene rings is 1. The van der Waals surface area contributed by atoms with Crippen molar-refractivity contribution in [3.8, 4) is 0 Å². The lowest BCUT2D eigenvalue weighted by Crippen LogP contribution is -2.36. The number of hydrogen-bond donors (Lipinski definition) is 2. The molecular formula is C19H28O3. The van der Waals surface area contributed by atoms with Gasteiger partial charge in [0.05, 0.1) is 0 Å². The molecule has 0 aliphatic heterocycles. The third kappa shape index (κ3) is 3.77. The topological polar surface area (TPSA) is 57.5 Å². The summed E-state index contributed by atoms with van der Waals surface area (Å²) in [6, 6.07) is 6.00. The van der Waals surface area contributed by atoms with E-state index in [0.717, 1.165) is 11.1 Å². The highest BCUT2D eigenvalue weighted by Gasteiger charge is 2.35. The molecule has 0 amide bonds. The fourth-order valence-corrected chi connectivity index (χ4v) is 2.08. The summed E-state index contributed by atoms with van der Waals surface area (Å²) in [6.45, 7) is 17.7. The highest BCUT2D eigenvalue weighted by Crippen LogP contribution is 2.34. The lowest BCUT2D eigenvalue weighted by Gasteiger charge is -2.28. The Morgan fingerprint density at radius 1 is 0.909 bits per heavy atom. The van der Waals surface area contributed by atoms with Gasteiger partial charge in [-0.3, -0.25) is 0 Å². The molecule has 22 heavy (non-hydrogen) atoms. The Kier molecular flexibility index (Phi) is 4.65. The molecular weight excluding hydrogens is 276 g/mol. The maximum Gasteiger partial charge on any atom is 0.340 e. The third-order valence-electron chi connectivity index (χ3n) is 4.02. The van der Waals surface area contributed by atoms with Crippen molar-refractivity contribution in [3.63, 3.8) is 0 Å². The van der Waals surface area contributed by atoms with Gasteiger partial charge in [0, 0.05) is 0 Å². The van der Waals surface area contributed by atoms with Crippen LogP contribution in [0.5, 0.6) is 0 Å². The van der Waals surface area contributed by atoms with Crippen LogP contribution < -0.4 is 0 Å². The monoisotopic (exact) mass is 304 g/mol. The van der Waals surface area contributed by atoms with Crippen molar-refractivity contribution in [1.29, 1.82) is 0 Å². The van der Waals surface area contributed by atoms with E-state index in [1.54, 1.807) is 0 Å². The summed E-state index contributed by atoms with van der Waals surface area (Å²) in [6.07, 6.45) is 0. The van der Waals surface area contributed by atoms with Crippen LogP contribution in [0.4, 0.5) is 0 Å². The van der Waals surface area contributed by atoms with Crippen LogP contribution >= 0.6 is 0 Å².